The van der Waals surface area contributed by atoms with Gasteiger partial charge in [0.1, 0.15) is 0 Å². The predicted octanol–water partition coefficient (Wildman–Crippen LogP) is 0.739. The van der Waals surface area contributed by atoms with Crippen LogP contribution in [0, 0.1) is 5.82 Å². The van der Waals surface area contributed by atoms with Gasteiger partial charge in [0.2, 0.25) is 10.0 Å². The lowest BCUT2D eigenvalue weighted by Gasteiger charge is -2.33. The molecule has 1 saturated heterocycles. The highest BCUT2D eigenvalue weighted by molar-refractivity contribution is 7.88. The molecule has 0 radical (unpaired) electrons. The highest BCUT2D eigenvalue weighted by Gasteiger charge is 2.24. The van der Waals surface area contributed by atoms with Crippen molar-refractivity contribution < 1.29 is 12.8 Å². The maximum absolute atomic E-state index is 13.6. The third-order valence-corrected chi connectivity index (χ3v) is 3.60. The molecule has 7 heteroatoms. The van der Waals surface area contributed by atoms with Gasteiger partial charge >= 0.3 is 0 Å². The zero-order chi connectivity index (χ0) is 13.2. The average Bonchev–Trinajstić information content (AvgIpc) is 2.27. The lowest BCUT2D eigenvalue weighted by atomic mass is 10.1. The van der Waals surface area contributed by atoms with Crippen molar-refractivity contribution in [3.8, 4) is 0 Å². The average molecular weight is 273 g/mol. The first-order valence-corrected chi connectivity index (χ1v) is 7.67. The van der Waals surface area contributed by atoms with Crippen LogP contribution in [-0.2, 0) is 10.0 Å². The van der Waals surface area contributed by atoms with Crippen molar-refractivity contribution in [2.24, 2.45) is 0 Å². The van der Waals surface area contributed by atoms with Crippen molar-refractivity contribution >= 4 is 15.8 Å². The Balaban J connectivity index is 2.10. The van der Waals surface area contributed by atoms with Crippen molar-refractivity contribution in [3.63, 3.8) is 0 Å². The third-order valence-electron chi connectivity index (χ3n) is 2.84. The van der Waals surface area contributed by atoms with Crippen molar-refractivity contribution in [3.05, 3.63) is 24.1 Å². The van der Waals surface area contributed by atoms with E-state index in [-0.39, 0.29) is 17.7 Å². The van der Waals surface area contributed by atoms with Gasteiger partial charge in [-0.15, -0.1) is 0 Å². The summed E-state index contributed by atoms with van der Waals surface area (Å²) in [5.74, 6) is -0.0880. The maximum atomic E-state index is 13.6. The van der Waals surface area contributed by atoms with E-state index in [1.165, 1.54) is 18.3 Å². The molecule has 1 aromatic rings. The van der Waals surface area contributed by atoms with Crippen LogP contribution in [0.3, 0.4) is 0 Å². The van der Waals surface area contributed by atoms with Crippen LogP contribution in [0.5, 0.6) is 0 Å². The Bertz CT molecular complexity index is 521. The van der Waals surface area contributed by atoms with Crippen LogP contribution < -0.4 is 9.62 Å². The molecule has 1 aliphatic rings. The molecule has 0 unspecified atom stereocenters. The normalized spacial score (nSPS) is 21.0. The third kappa shape index (κ3) is 3.39. The summed E-state index contributed by atoms with van der Waals surface area (Å²) in [6.45, 7) is 1.14. The van der Waals surface area contributed by atoms with Crippen molar-refractivity contribution in [2.75, 3.05) is 24.2 Å². The van der Waals surface area contributed by atoms with E-state index in [2.05, 4.69) is 9.71 Å². The van der Waals surface area contributed by atoms with Gasteiger partial charge in [0.05, 0.1) is 6.26 Å². The number of hydrogen-bond donors (Lipinski definition) is 1. The van der Waals surface area contributed by atoms with Crippen LogP contribution in [0.25, 0.3) is 0 Å². The molecule has 0 aromatic carbocycles. The molecule has 2 heterocycles. The fourth-order valence-electron chi connectivity index (χ4n) is 2.18. The first-order valence-electron chi connectivity index (χ1n) is 5.78. The van der Waals surface area contributed by atoms with Gasteiger partial charge in [-0.05, 0) is 25.0 Å². The van der Waals surface area contributed by atoms with Gasteiger partial charge in [-0.25, -0.2) is 22.5 Å². The number of anilines is 1. The summed E-state index contributed by atoms with van der Waals surface area (Å²) in [7, 11) is -3.23. The van der Waals surface area contributed by atoms with Gasteiger partial charge in [-0.1, -0.05) is 0 Å². The Morgan fingerprint density at radius 3 is 3.00 bits per heavy atom. The van der Waals surface area contributed by atoms with E-state index in [1.807, 2.05) is 0 Å². The minimum Gasteiger partial charge on any atom is -0.353 e. The molecule has 1 aromatic heterocycles. The van der Waals surface area contributed by atoms with Crippen LogP contribution in [0.4, 0.5) is 10.2 Å². The van der Waals surface area contributed by atoms with Gasteiger partial charge in [0, 0.05) is 25.3 Å². The van der Waals surface area contributed by atoms with Gasteiger partial charge in [-0.2, -0.15) is 0 Å². The van der Waals surface area contributed by atoms with E-state index in [4.69, 9.17) is 0 Å². The quantitative estimate of drug-likeness (QED) is 0.882. The van der Waals surface area contributed by atoms with Crippen molar-refractivity contribution in [2.45, 2.75) is 18.9 Å². The first-order chi connectivity index (χ1) is 8.46. The fraction of sp³-hybridized carbons (Fsp3) is 0.545. The molecular formula is C11H16FN3O2S. The molecule has 1 atom stereocenters. The number of pyridine rings is 1. The van der Waals surface area contributed by atoms with Gasteiger partial charge < -0.3 is 4.90 Å². The van der Waals surface area contributed by atoms with Crippen molar-refractivity contribution in [1.82, 2.24) is 9.71 Å². The zero-order valence-corrected chi connectivity index (χ0v) is 11.0. The zero-order valence-electron chi connectivity index (χ0n) is 10.1. The van der Waals surface area contributed by atoms with Crippen molar-refractivity contribution in [1.29, 1.82) is 0 Å². The Kier molecular flexibility index (Phi) is 3.82. The van der Waals surface area contributed by atoms with Crippen LogP contribution in [0.15, 0.2) is 18.3 Å². The molecule has 5 nitrogen and oxygen atoms in total. The summed E-state index contributed by atoms with van der Waals surface area (Å²) in [6.07, 6.45) is 4.24. The van der Waals surface area contributed by atoms with E-state index in [0.29, 0.717) is 13.1 Å². The molecule has 0 bridgehead atoms. The number of halogens is 1. The van der Waals surface area contributed by atoms with Gasteiger partial charge in [-0.3, -0.25) is 0 Å². The predicted molar refractivity (Wildman–Crippen MR) is 67.4 cm³/mol. The lowest BCUT2D eigenvalue weighted by molar-refractivity contribution is 0.460. The van der Waals surface area contributed by atoms with E-state index in [1.54, 1.807) is 4.90 Å². The number of hydrogen-bond acceptors (Lipinski definition) is 4. The van der Waals surface area contributed by atoms with Gasteiger partial charge in [0.25, 0.3) is 0 Å². The molecule has 18 heavy (non-hydrogen) atoms. The summed E-state index contributed by atoms with van der Waals surface area (Å²) >= 11 is 0. The highest BCUT2D eigenvalue weighted by atomic mass is 32.2. The Morgan fingerprint density at radius 2 is 2.33 bits per heavy atom. The summed E-state index contributed by atoms with van der Waals surface area (Å²) in [5, 5.41) is 0. The number of nitrogens with zero attached hydrogens (tertiary/aromatic N) is 2. The molecule has 0 saturated carbocycles. The summed E-state index contributed by atoms with van der Waals surface area (Å²) in [4.78, 5) is 5.79. The molecule has 1 N–H and O–H groups in total. The fourth-order valence-corrected chi connectivity index (χ4v) is 2.98. The topological polar surface area (TPSA) is 62.3 Å². The number of sulfonamides is 1. The molecule has 0 aliphatic carbocycles. The number of rotatable bonds is 3. The van der Waals surface area contributed by atoms with Crippen LogP contribution in [0.2, 0.25) is 0 Å². The summed E-state index contributed by atoms with van der Waals surface area (Å²) < 4.78 is 38.5. The molecule has 1 fully saturated rings. The Labute approximate surface area is 106 Å². The minimum atomic E-state index is -3.23. The standard InChI is InChI=1S/C11H16FN3O2S/c1-18(16,17)14-9-4-3-7-15(8-9)11-10(12)5-2-6-13-11/h2,5-6,9,14H,3-4,7-8H2,1H3/t9-/m0/s1. The lowest BCUT2D eigenvalue weighted by Crippen LogP contribution is -2.47. The minimum absolute atomic E-state index is 0.185. The molecule has 0 amide bonds. The smallest absolute Gasteiger partial charge is 0.209 e. The number of aromatic nitrogens is 1. The molecule has 2 rings (SSSR count). The largest absolute Gasteiger partial charge is 0.353 e. The second-order valence-corrected chi connectivity index (χ2v) is 6.26. The van der Waals surface area contributed by atoms with E-state index >= 15 is 0 Å². The Hall–Kier alpha value is -1.21. The monoisotopic (exact) mass is 273 g/mol. The molecule has 0 spiro atoms. The Morgan fingerprint density at radius 1 is 1.56 bits per heavy atom. The van der Waals surface area contributed by atoms with Crippen LogP contribution in [-0.4, -0.2) is 38.8 Å². The second-order valence-electron chi connectivity index (χ2n) is 4.48. The molecule has 1 aliphatic heterocycles. The number of piperidine rings is 1. The molecule has 100 valence electrons. The van der Waals surface area contributed by atoms with Crippen LogP contribution >= 0.6 is 0 Å². The summed E-state index contributed by atoms with van der Waals surface area (Å²) in [5.41, 5.74) is 0. The number of nitrogens with one attached hydrogen (secondary N) is 1. The van der Waals surface area contributed by atoms with Crippen LogP contribution in [0.1, 0.15) is 12.8 Å². The first kappa shape index (κ1) is 13.2. The highest BCUT2D eigenvalue weighted by Crippen LogP contribution is 2.20. The van der Waals surface area contributed by atoms with Gasteiger partial charge in [0.15, 0.2) is 11.6 Å². The molecular weight excluding hydrogens is 257 g/mol. The van der Waals surface area contributed by atoms with E-state index < -0.39 is 10.0 Å². The maximum Gasteiger partial charge on any atom is 0.209 e. The van der Waals surface area contributed by atoms with E-state index in [0.717, 1.165) is 19.1 Å². The SMILES string of the molecule is CS(=O)(=O)N[C@H]1CCCN(c2ncccc2F)C1. The van der Waals surface area contributed by atoms with E-state index in [9.17, 15) is 12.8 Å². The summed E-state index contributed by atoms with van der Waals surface area (Å²) in [6, 6.07) is 2.71. The second kappa shape index (κ2) is 5.19.